The molecule has 0 radical (unpaired) electrons. The molecule has 0 aliphatic carbocycles. The van der Waals surface area contributed by atoms with Gasteiger partial charge in [-0.1, -0.05) is 11.6 Å². The first-order chi connectivity index (χ1) is 9.70. The minimum atomic E-state index is -4.61. The number of aromatic nitrogens is 2. The number of hydrogen-bond donors (Lipinski definition) is 2. The van der Waals surface area contributed by atoms with Crippen LogP contribution in [-0.2, 0) is 11.0 Å². The number of hydrogen-bond acceptors (Lipinski definition) is 4. The number of nitrogens with zero attached hydrogens (tertiary/aromatic N) is 2. The highest BCUT2D eigenvalue weighted by atomic mass is 35.5. The van der Waals surface area contributed by atoms with Gasteiger partial charge in [0.1, 0.15) is 18.2 Å². The number of anilines is 1. The van der Waals surface area contributed by atoms with Gasteiger partial charge in [-0.3, -0.25) is 4.79 Å². The van der Waals surface area contributed by atoms with Gasteiger partial charge in [0.2, 0.25) is 5.91 Å². The number of nitrogens with one attached hydrogen (secondary N) is 1. The van der Waals surface area contributed by atoms with Crippen molar-refractivity contribution in [1.82, 2.24) is 9.97 Å². The minimum absolute atomic E-state index is 0.0549. The first kappa shape index (κ1) is 15.3. The zero-order valence-electron chi connectivity index (χ0n) is 10.7. The zero-order chi connectivity index (χ0) is 15.8. The molecule has 0 aliphatic rings. The summed E-state index contributed by atoms with van der Waals surface area (Å²) in [4.78, 5) is 18.5. The van der Waals surface area contributed by atoms with Gasteiger partial charge in [0, 0.05) is 10.4 Å². The van der Waals surface area contributed by atoms with Crippen molar-refractivity contribution in [3.63, 3.8) is 0 Å². The third kappa shape index (κ3) is 3.15. The number of carbonyl (C=O) groups is 1. The molecule has 2 aromatic rings. The van der Waals surface area contributed by atoms with Crippen LogP contribution in [0.1, 0.15) is 12.5 Å². The Morgan fingerprint density at radius 3 is 2.62 bits per heavy atom. The van der Waals surface area contributed by atoms with Gasteiger partial charge >= 0.3 is 6.18 Å². The van der Waals surface area contributed by atoms with Crippen LogP contribution < -0.4 is 11.1 Å². The Morgan fingerprint density at radius 2 is 2.05 bits per heavy atom. The smallest absolute Gasteiger partial charge is 0.368 e. The van der Waals surface area contributed by atoms with E-state index in [-0.39, 0.29) is 21.7 Å². The second kappa shape index (κ2) is 5.36. The molecule has 21 heavy (non-hydrogen) atoms. The van der Waals surface area contributed by atoms with E-state index in [1.165, 1.54) is 13.0 Å². The van der Waals surface area contributed by atoms with Crippen LogP contribution in [0.25, 0.3) is 10.9 Å². The van der Waals surface area contributed by atoms with Crippen LogP contribution in [0.5, 0.6) is 0 Å². The molecule has 0 spiro atoms. The standard InChI is InChI=1S/C12H10ClF3N4O/c1-5(10(17)21)20-11-7-2-6(13)3-8(12(14,15)16)9(7)18-4-19-11/h2-5H,1H3,(H2,17,21)(H,18,19,20)/t5-/m0/s1. The predicted octanol–water partition coefficient (Wildman–Crippen LogP) is 2.59. The fraction of sp³-hybridized carbons (Fsp3) is 0.250. The van der Waals surface area contributed by atoms with Crippen LogP contribution in [0, 0.1) is 0 Å². The van der Waals surface area contributed by atoms with Crippen molar-refractivity contribution in [2.24, 2.45) is 5.73 Å². The Bertz CT molecular complexity index is 705. The highest BCUT2D eigenvalue weighted by Gasteiger charge is 2.34. The Labute approximate surface area is 122 Å². The number of amides is 1. The van der Waals surface area contributed by atoms with E-state index in [1.807, 2.05) is 0 Å². The summed E-state index contributed by atoms with van der Waals surface area (Å²) in [5.41, 5.74) is 3.83. The molecule has 0 aliphatic heterocycles. The van der Waals surface area contributed by atoms with Crippen LogP contribution in [0.15, 0.2) is 18.5 Å². The Kier molecular flexibility index (Phi) is 3.91. The maximum absolute atomic E-state index is 13.0. The third-order valence-electron chi connectivity index (χ3n) is 2.79. The van der Waals surface area contributed by atoms with Crippen molar-refractivity contribution in [3.05, 3.63) is 29.0 Å². The van der Waals surface area contributed by atoms with Crippen LogP contribution in [0.2, 0.25) is 5.02 Å². The molecule has 0 fully saturated rings. The second-order valence-corrected chi connectivity index (χ2v) is 4.77. The average Bonchev–Trinajstić information content (AvgIpc) is 2.37. The molecule has 5 nitrogen and oxygen atoms in total. The highest BCUT2D eigenvalue weighted by molar-refractivity contribution is 6.31. The molecule has 1 amide bonds. The van der Waals surface area contributed by atoms with E-state index < -0.39 is 23.7 Å². The average molecular weight is 319 g/mol. The molecule has 3 N–H and O–H groups in total. The summed E-state index contributed by atoms with van der Waals surface area (Å²) in [6.07, 6.45) is -3.63. The van der Waals surface area contributed by atoms with Gasteiger partial charge in [0.05, 0.1) is 11.1 Å². The minimum Gasteiger partial charge on any atom is -0.368 e. The normalized spacial score (nSPS) is 13.2. The largest absolute Gasteiger partial charge is 0.418 e. The monoisotopic (exact) mass is 318 g/mol. The number of benzene rings is 1. The number of rotatable bonds is 3. The van der Waals surface area contributed by atoms with E-state index in [4.69, 9.17) is 17.3 Å². The number of fused-ring (bicyclic) bond motifs is 1. The lowest BCUT2D eigenvalue weighted by Gasteiger charge is -2.15. The quantitative estimate of drug-likeness (QED) is 0.911. The molecular formula is C12H10ClF3N4O. The van der Waals surface area contributed by atoms with Crippen LogP contribution in [0.4, 0.5) is 19.0 Å². The van der Waals surface area contributed by atoms with Crippen molar-refractivity contribution in [2.45, 2.75) is 19.1 Å². The molecule has 0 unspecified atom stereocenters. The fourth-order valence-electron chi connectivity index (χ4n) is 1.74. The molecule has 0 saturated heterocycles. The molecule has 0 bridgehead atoms. The molecule has 112 valence electrons. The molecule has 1 heterocycles. The molecule has 2 rings (SSSR count). The van der Waals surface area contributed by atoms with Crippen LogP contribution in [0.3, 0.4) is 0 Å². The molecular weight excluding hydrogens is 309 g/mol. The predicted molar refractivity (Wildman–Crippen MR) is 71.8 cm³/mol. The lowest BCUT2D eigenvalue weighted by molar-refractivity contribution is -0.136. The number of carbonyl (C=O) groups excluding carboxylic acids is 1. The van der Waals surface area contributed by atoms with E-state index in [2.05, 4.69) is 15.3 Å². The SMILES string of the molecule is C[C@H](Nc1ncnc2c(C(F)(F)F)cc(Cl)cc12)C(N)=O. The molecule has 1 aromatic carbocycles. The van der Waals surface area contributed by atoms with Crippen molar-refractivity contribution >= 4 is 34.2 Å². The summed E-state index contributed by atoms with van der Waals surface area (Å²) in [5, 5.41) is 2.59. The van der Waals surface area contributed by atoms with E-state index in [0.29, 0.717) is 0 Å². The van der Waals surface area contributed by atoms with Crippen molar-refractivity contribution in [1.29, 1.82) is 0 Å². The number of nitrogens with two attached hydrogens (primary N) is 1. The number of alkyl halides is 3. The zero-order valence-corrected chi connectivity index (χ0v) is 11.5. The fourth-order valence-corrected chi connectivity index (χ4v) is 1.96. The van der Waals surface area contributed by atoms with Gasteiger partial charge in [0.15, 0.2) is 0 Å². The summed E-state index contributed by atoms with van der Waals surface area (Å²) >= 11 is 5.73. The van der Waals surface area contributed by atoms with Crippen molar-refractivity contribution in [2.75, 3.05) is 5.32 Å². The van der Waals surface area contributed by atoms with Gasteiger partial charge in [-0.2, -0.15) is 13.2 Å². The summed E-state index contributed by atoms with van der Waals surface area (Å²) in [6, 6.07) is 1.27. The lowest BCUT2D eigenvalue weighted by Crippen LogP contribution is -2.32. The summed E-state index contributed by atoms with van der Waals surface area (Å²) < 4.78 is 39.0. The summed E-state index contributed by atoms with van der Waals surface area (Å²) in [5.74, 6) is -0.612. The van der Waals surface area contributed by atoms with Gasteiger partial charge < -0.3 is 11.1 Å². The number of halogens is 4. The maximum Gasteiger partial charge on any atom is 0.418 e. The maximum atomic E-state index is 13.0. The van der Waals surface area contributed by atoms with Crippen molar-refractivity contribution < 1.29 is 18.0 Å². The van der Waals surface area contributed by atoms with Gasteiger partial charge in [-0.05, 0) is 19.1 Å². The molecule has 0 saturated carbocycles. The second-order valence-electron chi connectivity index (χ2n) is 4.34. The molecule has 1 aromatic heterocycles. The first-order valence-corrected chi connectivity index (χ1v) is 6.15. The van der Waals surface area contributed by atoms with Gasteiger partial charge in [-0.15, -0.1) is 0 Å². The summed E-state index contributed by atoms with van der Waals surface area (Å²) in [6.45, 7) is 1.46. The Morgan fingerprint density at radius 1 is 1.38 bits per heavy atom. The third-order valence-corrected chi connectivity index (χ3v) is 3.01. The van der Waals surface area contributed by atoms with Gasteiger partial charge in [-0.25, -0.2) is 9.97 Å². The lowest BCUT2D eigenvalue weighted by atomic mass is 10.1. The van der Waals surface area contributed by atoms with E-state index >= 15 is 0 Å². The van der Waals surface area contributed by atoms with Gasteiger partial charge in [0.25, 0.3) is 0 Å². The van der Waals surface area contributed by atoms with Crippen LogP contribution in [-0.4, -0.2) is 21.9 Å². The molecule has 9 heteroatoms. The van der Waals surface area contributed by atoms with Crippen LogP contribution >= 0.6 is 11.6 Å². The van der Waals surface area contributed by atoms with E-state index in [1.54, 1.807) is 0 Å². The Hall–Kier alpha value is -2.09. The Balaban J connectivity index is 2.65. The van der Waals surface area contributed by atoms with Crippen molar-refractivity contribution in [3.8, 4) is 0 Å². The highest BCUT2D eigenvalue weighted by Crippen LogP contribution is 2.37. The molecule has 1 atom stereocenters. The first-order valence-electron chi connectivity index (χ1n) is 5.77. The topological polar surface area (TPSA) is 80.9 Å². The van der Waals surface area contributed by atoms with E-state index in [0.717, 1.165) is 12.4 Å². The summed E-state index contributed by atoms with van der Waals surface area (Å²) in [7, 11) is 0. The van der Waals surface area contributed by atoms with E-state index in [9.17, 15) is 18.0 Å². The number of primary amides is 1.